The van der Waals surface area contributed by atoms with E-state index in [4.69, 9.17) is 9.84 Å². The predicted octanol–water partition coefficient (Wildman–Crippen LogP) is 1.64. The molecule has 1 amide bonds. The number of piperidine rings is 1. The number of carbonyl (C=O) groups excluding carboxylic acids is 1. The molecule has 1 saturated heterocycles. The largest absolute Gasteiger partial charge is 0.465 e. The van der Waals surface area contributed by atoms with E-state index >= 15 is 0 Å². The Morgan fingerprint density at radius 1 is 1.62 bits per heavy atom. The van der Waals surface area contributed by atoms with Crippen LogP contribution in [0.25, 0.3) is 0 Å². The lowest BCUT2D eigenvalue weighted by atomic mass is 9.98. The Hall–Kier alpha value is -1.52. The molecular formula is C11H17NO4. The van der Waals surface area contributed by atoms with Crippen molar-refractivity contribution in [1.29, 1.82) is 0 Å². The molecule has 1 fully saturated rings. The Labute approximate surface area is 94.7 Å². The van der Waals surface area contributed by atoms with Crippen LogP contribution in [-0.2, 0) is 9.53 Å². The van der Waals surface area contributed by atoms with Crippen LogP contribution in [-0.4, -0.2) is 41.3 Å². The lowest BCUT2D eigenvalue weighted by molar-refractivity contribution is -0.137. The summed E-state index contributed by atoms with van der Waals surface area (Å²) in [4.78, 5) is 23.4. The minimum Gasteiger partial charge on any atom is -0.465 e. The number of esters is 1. The van der Waals surface area contributed by atoms with Crippen molar-refractivity contribution in [3.05, 3.63) is 11.6 Å². The van der Waals surface area contributed by atoms with Gasteiger partial charge >= 0.3 is 12.1 Å². The molecule has 0 aromatic carbocycles. The summed E-state index contributed by atoms with van der Waals surface area (Å²) in [7, 11) is 0. The van der Waals surface area contributed by atoms with Gasteiger partial charge in [-0.1, -0.05) is 5.57 Å². The van der Waals surface area contributed by atoms with Crippen molar-refractivity contribution in [3.63, 3.8) is 0 Å². The topological polar surface area (TPSA) is 66.8 Å². The van der Waals surface area contributed by atoms with E-state index in [9.17, 15) is 9.59 Å². The van der Waals surface area contributed by atoms with Gasteiger partial charge in [-0.2, -0.15) is 0 Å². The number of ether oxygens (including phenoxy) is 1. The van der Waals surface area contributed by atoms with Gasteiger partial charge < -0.3 is 14.7 Å². The van der Waals surface area contributed by atoms with Gasteiger partial charge in [0.05, 0.1) is 6.61 Å². The molecule has 1 atom stereocenters. The maximum absolute atomic E-state index is 11.2. The molecule has 16 heavy (non-hydrogen) atoms. The number of carbonyl (C=O) groups is 2. The van der Waals surface area contributed by atoms with E-state index in [1.165, 1.54) is 11.0 Å². The highest BCUT2D eigenvalue weighted by atomic mass is 16.5. The molecule has 0 saturated carbocycles. The van der Waals surface area contributed by atoms with Gasteiger partial charge in [0.1, 0.15) is 0 Å². The average Bonchev–Trinajstić information content (AvgIpc) is 2.17. The molecule has 0 unspecified atom stereocenters. The number of hydrogen-bond acceptors (Lipinski definition) is 3. The number of carboxylic acid groups (broad SMARTS) is 1. The summed E-state index contributed by atoms with van der Waals surface area (Å²) in [6, 6.07) is -0.0769. The van der Waals surface area contributed by atoms with E-state index in [0.717, 1.165) is 5.57 Å². The number of likely N-dealkylation sites (tertiary alicyclic amines) is 1. The van der Waals surface area contributed by atoms with Crippen LogP contribution >= 0.6 is 0 Å². The Bertz CT molecular complexity index is 311. The van der Waals surface area contributed by atoms with Crippen LogP contribution < -0.4 is 0 Å². The van der Waals surface area contributed by atoms with Crippen LogP contribution in [0.5, 0.6) is 0 Å². The first-order valence-corrected chi connectivity index (χ1v) is 5.40. The lowest BCUT2D eigenvalue weighted by Gasteiger charge is -2.32. The van der Waals surface area contributed by atoms with Crippen LogP contribution in [0.15, 0.2) is 11.6 Å². The van der Waals surface area contributed by atoms with E-state index in [1.807, 2.05) is 6.92 Å². The predicted molar refractivity (Wildman–Crippen MR) is 58.1 cm³/mol. The lowest BCUT2D eigenvalue weighted by Crippen LogP contribution is -2.41. The highest BCUT2D eigenvalue weighted by Gasteiger charge is 2.25. The van der Waals surface area contributed by atoms with Gasteiger partial charge in [-0.25, -0.2) is 9.59 Å². The van der Waals surface area contributed by atoms with Gasteiger partial charge in [-0.15, -0.1) is 0 Å². The van der Waals surface area contributed by atoms with Gasteiger partial charge in [0.2, 0.25) is 0 Å². The molecule has 5 nitrogen and oxygen atoms in total. The summed E-state index contributed by atoms with van der Waals surface area (Å²) in [6.45, 7) is 4.40. The first kappa shape index (κ1) is 12.5. The molecule has 0 radical (unpaired) electrons. The summed E-state index contributed by atoms with van der Waals surface area (Å²) >= 11 is 0. The zero-order valence-corrected chi connectivity index (χ0v) is 9.60. The third kappa shape index (κ3) is 3.25. The molecule has 1 aliphatic rings. The Kier molecular flexibility index (Phi) is 4.34. The molecule has 1 aliphatic heterocycles. The number of amides is 1. The molecule has 1 N–H and O–H groups in total. The third-order valence-electron chi connectivity index (χ3n) is 2.62. The van der Waals surface area contributed by atoms with Gasteiger partial charge in [-0.05, 0) is 26.7 Å². The highest BCUT2D eigenvalue weighted by molar-refractivity contribution is 5.82. The second-order valence-corrected chi connectivity index (χ2v) is 3.83. The monoisotopic (exact) mass is 227 g/mol. The van der Waals surface area contributed by atoms with Crippen LogP contribution in [0, 0.1) is 0 Å². The number of hydrogen-bond donors (Lipinski definition) is 1. The fraction of sp³-hybridized carbons (Fsp3) is 0.636. The fourth-order valence-corrected chi connectivity index (χ4v) is 1.84. The molecule has 5 heteroatoms. The summed E-state index contributed by atoms with van der Waals surface area (Å²) in [5.41, 5.74) is 0.962. The van der Waals surface area contributed by atoms with Crippen LogP contribution in [0.2, 0.25) is 0 Å². The maximum Gasteiger partial charge on any atom is 0.407 e. The molecule has 90 valence electrons. The van der Waals surface area contributed by atoms with Crippen molar-refractivity contribution in [1.82, 2.24) is 4.90 Å². The number of nitrogens with zero attached hydrogens (tertiary/aromatic N) is 1. The average molecular weight is 227 g/mol. The second-order valence-electron chi connectivity index (χ2n) is 3.83. The van der Waals surface area contributed by atoms with Gasteiger partial charge in [0, 0.05) is 18.7 Å². The second kappa shape index (κ2) is 5.53. The van der Waals surface area contributed by atoms with Crippen molar-refractivity contribution < 1.29 is 19.4 Å². The third-order valence-corrected chi connectivity index (χ3v) is 2.62. The molecular weight excluding hydrogens is 210 g/mol. The summed E-state index contributed by atoms with van der Waals surface area (Å²) < 4.78 is 4.81. The van der Waals surface area contributed by atoms with Gasteiger partial charge in [0.25, 0.3) is 0 Å². The van der Waals surface area contributed by atoms with E-state index in [0.29, 0.717) is 26.0 Å². The van der Waals surface area contributed by atoms with Crippen molar-refractivity contribution in [2.75, 3.05) is 13.2 Å². The normalized spacial score (nSPS) is 23.2. The first-order chi connectivity index (χ1) is 7.54. The highest BCUT2D eigenvalue weighted by Crippen LogP contribution is 2.21. The molecule has 1 rings (SSSR count). The minimum atomic E-state index is -0.900. The minimum absolute atomic E-state index is 0.0769. The fourth-order valence-electron chi connectivity index (χ4n) is 1.84. The summed E-state index contributed by atoms with van der Waals surface area (Å²) in [5, 5.41) is 8.88. The zero-order valence-electron chi connectivity index (χ0n) is 9.60. The quantitative estimate of drug-likeness (QED) is 0.575. The Balaban J connectivity index is 2.57. The van der Waals surface area contributed by atoms with Crippen molar-refractivity contribution in [3.8, 4) is 0 Å². The van der Waals surface area contributed by atoms with Crippen LogP contribution in [0.1, 0.15) is 26.7 Å². The van der Waals surface area contributed by atoms with Crippen LogP contribution in [0.4, 0.5) is 4.79 Å². The molecule has 0 spiro atoms. The van der Waals surface area contributed by atoms with E-state index in [2.05, 4.69) is 0 Å². The van der Waals surface area contributed by atoms with Crippen molar-refractivity contribution in [2.45, 2.75) is 32.7 Å². The zero-order chi connectivity index (χ0) is 12.1. The smallest absolute Gasteiger partial charge is 0.407 e. The van der Waals surface area contributed by atoms with Gasteiger partial charge in [-0.3, -0.25) is 0 Å². The summed E-state index contributed by atoms with van der Waals surface area (Å²) in [6.07, 6.45) is 1.79. The van der Waals surface area contributed by atoms with E-state index < -0.39 is 6.09 Å². The Morgan fingerprint density at radius 2 is 2.31 bits per heavy atom. The molecule has 0 aliphatic carbocycles. The van der Waals surface area contributed by atoms with Crippen LogP contribution in [0.3, 0.4) is 0 Å². The number of rotatable bonds is 2. The molecule has 0 bridgehead atoms. The molecule has 0 aromatic rings. The maximum atomic E-state index is 11.2. The first-order valence-electron chi connectivity index (χ1n) is 5.40. The van der Waals surface area contributed by atoms with E-state index in [-0.39, 0.29) is 12.0 Å². The Morgan fingerprint density at radius 3 is 2.81 bits per heavy atom. The molecule has 0 aromatic heterocycles. The van der Waals surface area contributed by atoms with Crippen molar-refractivity contribution in [2.24, 2.45) is 0 Å². The van der Waals surface area contributed by atoms with E-state index in [1.54, 1.807) is 6.92 Å². The van der Waals surface area contributed by atoms with Crippen molar-refractivity contribution >= 4 is 12.1 Å². The SMILES string of the molecule is CCOC(=O)/C=C1\CCN(C(=O)O)[C@H](C)C1. The molecule has 1 heterocycles. The summed E-state index contributed by atoms with van der Waals surface area (Å²) in [5.74, 6) is -0.339. The standard InChI is InChI=1S/C11H17NO4/c1-3-16-10(13)7-9-4-5-12(11(14)15)8(2)6-9/h7-8H,3-6H2,1-2H3,(H,14,15)/b9-7+/t8-/m1/s1. The van der Waals surface area contributed by atoms with Gasteiger partial charge in [0.15, 0.2) is 0 Å².